The third kappa shape index (κ3) is 4.25. The lowest BCUT2D eigenvalue weighted by Gasteiger charge is -2.03. The van der Waals surface area contributed by atoms with Gasteiger partial charge in [0.15, 0.2) is 0 Å². The van der Waals surface area contributed by atoms with Gasteiger partial charge in [0.05, 0.1) is 10.6 Å². The standard InChI is InChI=1S/C14H12FNO2S2/c15-11-3-1-2-4-12(11)19-7-8-20-13-6-5-10(9-16-13)14(17)18/h1-6,9H,7-8H2,(H,17,18). The van der Waals surface area contributed by atoms with Crippen molar-refractivity contribution < 1.29 is 14.3 Å². The number of nitrogens with zero attached hydrogens (tertiary/aromatic N) is 1. The van der Waals surface area contributed by atoms with E-state index in [4.69, 9.17) is 5.11 Å². The number of rotatable bonds is 6. The summed E-state index contributed by atoms with van der Waals surface area (Å²) in [7, 11) is 0. The van der Waals surface area contributed by atoms with Crippen LogP contribution in [0.1, 0.15) is 10.4 Å². The van der Waals surface area contributed by atoms with Crippen molar-refractivity contribution in [1.82, 2.24) is 4.98 Å². The van der Waals surface area contributed by atoms with Crippen molar-refractivity contribution in [2.75, 3.05) is 11.5 Å². The van der Waals surface area contributed by atoms with Gasteiger partial charge in [-0.15, -0.1) is 23.5 Å². The van der Waals surface area contributed by atoms with E-state index in [-0.39, 0.29) is 11.4 Å². The molecule has 0 radical (unpaired) electrons. The Balaban J connectivity index is 1.79. The maximum absolute atomic E-state index is 13.4. The van der Waals surface area contributed by atoms with Crippen LogP contribution in [-0.4, -0.2) is 27.6 Å². The molecule has 0 aliphatic heterocycles. The largest absolute Gasteiger partial charge is 0.478 e. The number of carboxylic acids is 1. The van der Waals surface area contributed by atoms with Crippen molar-refractivity contribution in [2.45, 2.75) is 9.92 Å². The summed E-state index contributed by atoms with van der Waals surface area (Å²) in [5.41, 5.74) is 0.176. The van der Waals surface area contributed by atoms with Gasteiger partial charge >= 0.3 is 5.97 Å². The number of benzene rings is 1. The number of hydrogen-bond donors (Lipinski definition) is 1. The first-order valence-corrected chi connectivity index (χ1v) is 7.83. The van der Waals surface area contributed by atoms with E-state index in [1.54, 1.807) is 18.2 Å². The number of carbonyl (C=O) groups is 1. The summed E-state index contributed by atoms with van der Waals surface area (Å²) in [4.78, 5) is 15.4. The van der Waals surface area contributed by atoms with Crippen molar-refractivity contribution in [3.8, 4) is 0 Å². The molecule has 1 aromatic carbocycles. The Bertz CT molecular complexity index is 590. The molecule has 2 rings (SSSR count). The molecule has 6 heteroatoms. The second-order valence-electron chi connectivity index (χ2n) is 3.82. The molecule has 0 spiro atoms. The van der Waals surface area contributed by atoms with Crippen LogP contribution in [0.5, 0.6) is 0 Å². The van der Waals surface area contributed by atoms with Crippen molar-refractivity contribution in [3.63, 3.8) is 0 Å². The second kappa shape index (κ2) is 7.31. The molecule has 0 saturated heterocycles. The molecule has 0 bridgehead atoms. The third-order valence-electron chi connectivity index (χ3n) is 2.41. The molecule has 0 amide bonds. The van der Waals surface area contributed by atoms with E-state index >= 15 is 0 Å². The first kappa shape index (κ1) is 14.9. The fraction of sp³-hybridized carbons (Fsp3) is 0.143. The normalized spacial score (nSPS) is 10.4. The van der Waals surface area contributed by atoms with Crippen molar-refractivity contribution >= 4 is 29.5 Å². The van der Waals surface area contributed by atoms with Crippen LogP contribution in [0.25, 0.3) is 0 Å². The minimum absolute atomic E-state index is 0.176. The van der Waals surface area contributed by atoms with Gasteiger partial charge in [0.25, 0.3) is 0 Å². The average molecular weight is 309 g/mol. The van der Waals surface area contributed by atoms with E-state index in [2.05, 4.69) is 4.98 Å². The van der Waals surface area contributed by atoms with Crippen LogP contribution in [0.2, 0.25) is 0 Å². The summed E-state index contributed by atoms with van der Waals surface area (Å²) >= 11 is 2.98. The zero-order valence-corrected chi connectivity index (χ0v) is 12.1. The topological polar surface area (TPSA) is 50.2 Å². The van der Waals surface area contributed by atoms with Crippen LogP contribution in [0.3, 0.4) is 0 Å². The highest BCUT2D eigenvalue weighted by Crippen LogP contribution is 2.24. The van der Waals surface area contributed by atoms with Crippen molar-refractivity contribution in [1.29, 1.82) is 0 Å². The van der Waals surface area contributed by atoms with E-state index in [1.165, 1.54) is 41.9 Å². The molecule has 0 unspecified atom stereocenters. The van der Waals surface area contributed by atoms with Gasteiger partial charge in [-0.05, 0) is 24.3 Å². The minimum Gasteiger partial charge on any atom is -0.478 e. The number of hydrogen-bond acceptors (Lipinski definition) is 4. The number of aromatic carboxylic acids is 1. The van der Waals surface area contributed by atoms with Crippen LogP contribution in [-0.2, 0) is 0 Å². The maximum atomic E-state index is 13.4. The summed E-state index contributed by atoms with van der Waals surface area (Å²) in [6, 6.07) is 9.89. The molecule has 0 fully saturated rings. The van der Waals surface area contributed by atoms with Gasteiger partial charge in [0.2, 0.25) is 0 Å². The highest BCUT2D eigenvalue weighted by molar-refractivity contribution is 8.02. The molecule has 3 nitrogen and oxygen atoms in total. The Hall–Kier alpha value is -1.53. The predicted octanol–water partition coefficient (Wildman–Crippen LogP) is 3.80. The van der Waals surface area contributed by atoms with Crippen LogP contribution in [0.15, 0.2) is 52.5 Å². The Morgan fingerprint density at radius 1 is 1.15 bits per heavy atom. The number of halogens is 1. The monoisotopic (exact) mass is 309 g/mol. The summed E-state index contributed by atoms with van der Waals surface area (Å²) < 4.78 is 13.4. The first-order valence-electron chi connectivity index (χ1n) is 5.86. The van der Waals surface area contributed by atoms with Crippen LogP contribution in [0.4, 0.5) is 4.39 Å². The molecule has 2 aromatic rings. The summed E-state index contributed by atoms with van der Waals surface area (Å²) in [5.74, 6) is 0.349. The van der Waals surface area contributed by atoms with E-state index in [0.717, 1.165) is 16.5 Å². The van der Waals surface area contributed by atoms with Crippen molar-refractivity contribution in [3.05, 3.63) is 54.0 Å². The Morgan fingerprint density at radius 2 is 1.90 bits per heavy atom. The molecule has 20 heavy (non-hydrogen) atoms. The molecule has 1 aromatic heterocycles. The number of aromatic nitrogens is 1. The summed E-state index contributed by atoms with van der Waals surface area (Å²) in [5, 5.41) is 9.52. The van der Waals surface area contributed by atoms with Gasteiger partial charge in [-0.3, -0.25) is 0 Å². The van der Waals surface area contributed by atoms with Crippen LogP contribution >= 0.6 is 23.5 Å². The molecule has 0 atom stereocenters. The first-order chi connectivity index (χ1) is 9.66. The molecule has 0 aliphatic carbocycles. The maximum Gasteiger partial charge on any atom is 0.337 e. The lowest BCUT2D eigenvalue weighted by molar-refractivity contribution is 0.0696. The average Bonchev–Trinajstić information content (AvgIpc) is 2.46. The molecular formula is C14H12FNO2S2. The molecular weight excluding hydrogens is 297 g/mol. The van der Waals surface area contributed by atoms with Crippen LogP contribution < -0.4 is 0 Å². The fourth-order valence-electron chi connectivity index (χ4n) is 1.45. The third-order valence-corrected chi connectivity index (χ3v) is 4.67. The number of carboxylic acid groups (broad SMARTS) is 1. The molecule has 104 valence electrons. The van der Waals surface area contributed by atoms with Gasteiger partial charge in [-0.25, -0.2) is 14.2 Å². The minimum atomic E-state index is -0.982. The van der Waals surface area contributed by atoms with Gasteiger partial charge in [-0.1, -0.05) is 12.1 Å². The molecule has 1 heterocycles. The lowest BCUT2D eigenvalue weighted by Crippen LogP contribution is -1.97. The smallest absolute Gasteiger partial charge is 0.337 e. The van der Waals surface area contributed by atoms with Gasteiger partial charge < -0.3 is 5.11 Å². The zero-order valence-electron chi connectivity index (χ0n) is 10.5. The number of pyridine rings is 1. The Labute approximate surface area is 124 Å². The highest BCUT2D eigenvalue weighted by Gasteiger charge is 2.04. The lowest BCUT2D eigenvalue weighted by atomic mass is 10.3. The van der Waals surface area contributed by atoms with Gasteiger partial charge in [0, 0.05) is 22.6 Å². The fourth-order valence-corrected chi connectivity index (χ4v) is 3.22. The van der Waals surface area contributed by atoms with Crippen LogP contribution in [0, 0.1) is 5.82 Å². The SMILES string of the molecule is O=C(O)c1ccc(SCCSc2ccccc2F)nc1. The second-order valence-corrected chi connectivity index (χ2v) is 6.07. The quantitative estimate of drug-likeness (QED) is 0.649. The summed E-state index contributed by atoms with van der Waals surface area (Å²) in [6.45, 7) is 0. The molecule has 1 N–H and O–H groups in total. The Morgan fingerprint density at radius 3 is 2.55 bits per heavy atom. The van der Waals surface area contributed by atoms with E-state index in [0.29, 0.717) is 4.90 Å². The zero-order chi connectivity index (χ0) is 14.4. The van der Waals surface area contributed by atoms with Crippen molar-refractivity contribution in [2.24, 2.45) is 0 Å². The molecule has 0 aliphatic rings. The van der Waals surface area contributed by atoms with E-state index < -0.39 is 5.97 Å². The highest BCUT2D eigenvalue weighted by atomic mass is 32.2. The summed E-state index contributed by atoms with van der Waals surface area (Å²) in [6.07, 6.45) is 1.34. The van der Waals surface area contributed by atoms with E-state index in [1.807, 2.05) is 6.07 Å². The van der Waals surface area contributed by atoms with Gasteiger partial charge in [-0.2, -0.15) is 0 Å². The predicted molar refractivity (Wildman–Crippen MR) is 79.0 cm³/mol. The number of thioether (sulfide) groups is 2. The van der Waals surface area contributed by atoms with E-state index in [9.17, 15) is 9.18 Å². The van der Waals surface area contributed by atoms with Gasteiger partial charge in [0.1, 0.15) is 5.82 Å². The molecule has 0 saturated carbocycles. The Kier molecular flexibility index (Phi) is 5.43.